The van der Waals surface area contributed by atoms with E-state index in [1.165, 1.54) is 25.7 Å². The number of nitrogens with zero attached hydrogens (tertiary/aromatic N) is 1. The van der Waals surface area contributed by atoms with Crippen LogP contribution in [0.2, 0.25) is 0 Å². The van der Waals surface area contributed by atoms with E-state index in [2.05, 4.69) is 16.6 Å². The molecule has 0 saturated carbocycles. The summed E-state index contributed by atoms with van der Waals surface area (Å²) >= 11 is 0. The van der Waals surface area contributed by atoms with Gasteiger partial charge in [-0.3, -0.25) is 4.72 Å². The van der Waals surface area contributed by atoms with E-state index in [0.717, 1.165) is 18.4 Å². The van der Waals surface area contributed by atoms with E-state index in [4.69, 9.17) is 0 Å². The van der Waals surface area contributed by atoms with Crippen molar-refractivity contribution in [1.82, 2.24) is 4.98 Å². The van der Waals surface area contributed by atoms with E-state index < -0.39 is 10.0 Å². The van der Waals surface area contributed by atoms with Gasteiger partial charge in [-0.2, -0.15) is 0 Å². The van der Waals surface area contributed by atoms with E-state index >= 15 is 0 Å². The summed E-state index contributed by atoms with van der Waals surface area (Å²) in [5.74, 6) is 0.578. The van der Waals surface area contributed by atoms with Gasteiger partial charge in [-0.15, -0.1) is 0 Å². The molecule has 1 aromatic heterocycles. The van der Waals surface area contributed by atoms with Crippen LogP contribution in [0.25, 0.3) is 0 Å². The highest BCUT2D eigenvalue weighted by atomic mass is 32.2. The maximum absolute atomic E-state index is 11.9. The Labute approximate surface area is 123 Å². The molecule has 0 saturated heterocycles. The van der Waals surface area contributed by atoms with Crippen LogP contribution in [0.1, 0.15) is 57.4 Å². The fourth-order valence-corrected chi connectivity index (χ4v) is 3.11. The van der Waals surface area contributed by atoms with Crippen LogP contribution >= 0.6 is 0 Å². The Balaban J connectivity index is 2.23. The van der Waals surface area contributed by atoms with Gasteiger partial charge in [0.25, 0.3) is 0 Å². The van der Waals surface area contributed by atoms with Crippen molar-refractivity contribution >= 4 is 15.8 Å². The van der Waals surface area contributed by atoms with Crippen molar-refractivity contribution < 1.29 is 8.42 Å². The standard InChI is InChI=1S/C15H26N2O2S/c1-3-4-5-6-7-8-9-12-20(18,19)17-15-11-10-14(2)13-16-15/h10-11,13H,3-9,12H2,1-2H3,(H,16,17). The first-order valence-corrected chi connectivity index (χ1v) is 9.12. The highest BCUT2D eigenvalue weighted by Crippen LogP contribution is 2.10. The topological polar surface area (TPSA) is 59.1 Å². The number of anilines is 1. The van der Waals surface area contributed by atoms with Gasteiger partial charge < -0.3 is 0 Å². The first-order chi connectivity index (χ1) is 9.53. The molecule has 5 heteroatoms. The number of pyridine rings is 1. The third-order valence-corrected chi connectivity index (χ3v) is 4.53. The van der Waals surface area contributed by atoms with Gasteiger partial charge in [-0.05, 0) is 25.0 Å². The number of sulfonamides is 1. The second-order valence-electron chi connectivity index (χ2n) is 5.26. The fourth-order valence-electron chi connectivity index (χ4n) is 1.99. The number of hydrogen-bond donors (Lipinski definition) is 1. The number of hydrogen-bond acceptors (Lipinski definition) is 3. The van der Waals surface area contributed by atoms with Gasteiger partial charge in [0.15, 0.2) is 0 Å². The first kappa shape index (κ1) is 17.0. The van der Waals surface area contributed by atoms with Crippen molar-refractivity contribution in [3.05, 3.63) is 23.9 Å². The van der Waals surface area contributed by atoms with Crippen LogP contribution in [0, 0.1) is 6.92 Å². The lowest BCUT2D eigenvalue weighted by atomic mass is 10.1. The minimum absolute atomic E-state index is 0.177. The van der Waals surface area contributed by atoms with E-state index in [9.17, 15) is 8.42 Å². The average molecular weight is 298 g/mol. The molecule has 0 atom stereocenters. The zero-order valence-electron chi connectivity index (χ0n) is 12.6. The number of rotatable bonds is 10. The molecule has 0 spiro atoms. The molecule has 0 amide bonds. The molecule has 1 aromatic rings. The molecule has 20 heavy (non-hydrogen) atoms. The second kappa shape index (κ2) is 8.95. The average Bonchev–Trinajstić information content (AvgIpc) is 2.40. The molecule has 0 aromatic carbocycles. The Morgan fingerprint density at radius 1 is 1.05 bits per heavy atom. The lowest BCUT2D eigenvalue weighted by Gasteiger charge is -2.07. The van der Waals surface area contributed by atoms with Crippen LogP contribution in [-0.4, -0.2) is 19.2 Å². The summed E-state index contributed by atoms with van der Waals surface area (Å²) in [6.07, 6.45) is 9.46. The van der Waals surface area contributed by atoms with Crippen molar-refractivity contribution in [2.24, 2.45) is 0 Å². The second-order valence-corrected chi connectivity index (χ2v) is 7.10. The fraction of sp³-hybridized carbons (Fsp3) is 0.667. The summed E-state index contributed by atoms with van der Waals surface area (Å²) in [6.45, 7) is 4.11. The molecule has 0 bridgehead atoms. The maximum Gasteiger partial charge on any atom is 0.233 e. The van der Waals surface area contributed by atoms with Gasteiger partial charge in [0.05, 0.1) is 5.75 Å². The maximum atomic E-state index is 11.9. The SMILES string of the molecule is CCCCCCCCCS(=O)(=O)Nc1ccc(C)cn1. The predicted octanol–water partition coefficient (Wildman–Crippen LogP) is 3.88. The molecular formula is C15H26N2O2S. The molecule has 0 radical (unpaired) electrons. The molecular weight excluding hydrogens is 272 g/mol. The molecule has 1 N–H and O–H groups in total. The van der Waals surface area contributed by atoms with Crippen molar-refractivity contribution in [3.63, 3.8) is 0 Å². The zero-order chi connectivity index (χ0) is 14.8. The predicted molar refractivity (Wildman–Crippen MR) is 84.4 cm³/mol. The van der Waals surface area contributed by atoms with Gasteiger partial charge in [0, 0.05) is 6.20 Å². The number of aromatic nitrogens is 1. The van der Waals surface area contributed by atoms with E-state index in [1.807, 2.05) is 13.0 Å². The summed E-state index contributed by atoms with van der Waals surface area (Å²) < 4.78 is 26.3. The van der Waals surface area contributed by atoms with Crippen LogP contribution in [0.4, 0.5) is 5.82 Å². The summed E-state index contributed by atoms with van der Waals surface area (Å²) in [5, 5.41) is 0. The Bertz CT molecular complexity index is 469. The van der Waals surface area contributed by atoms with Crippen molar-refractivity contribution in [2.45, 2.75) is 58.8 Å². The third-order valence-electron chi connectivity index (χ3n) is 3.19. The Kier molecular flexibility index (Phi) is 7.59. The molecule has 0 fully saturated rings. The number of aryl methyl sites for hydroxylation is 1. The Morgan fingerprint density at radius 3 is 2.30 bits per heavy atom. The minimum atomic E-state index is -3.26. The summed E-state index contributed by atoms with van der Waals surface area (Å²) in [4.78, 5) is 4.05. The number of nitrogens with one attached hydrogen (secondary N) is 1. The van der Waals surface area contributed by atoms with Crippen molar-refractivity contribution in [3.8, 4) is 0 Å². The van der Waals surface area contributed by atoms with Crippen LogP contribution in [0.15, 0.2) is 18.3 Å². The highest BCUT2D eigenvalue weighted by molar-refractivity contribution is 7.92. The molecule has 0 aliphatic rings. The van der Waals surface area contributed by atoms with Crippen LogP contribution in [0.3, 0.4) is 0 Å². The molecule has 1 heterocycles. The lowest BCUT2D eigenvalue weighted by Crippen LogP contribution is -2.17. The van der Waals surface area contributed by atoms with E-state index in [0.29, 0.717) is 12.2 Å². The van der Waals surface area contributed by atoms with Gasteiger partial charge >= 0.3 is 0 Å². The quantitative estimate of drug-likeness (QED) is 0.667. The van der Waals surface area contributed by atoms with Gasteiger partial charge in [0.1, 0.15) is 5.82 Å². The van der Waals surface area contributed by atoms with Gasteiger partial charge in [-0.1, -0.05) is 51.5 Å². The minimum Gasteiger partial charge on any atom is -0.267 e. The van der Waals surface area contributed by atoms with Crippen LogP contribution < -0.4 is 4.72 Å². The van der Waals surface area contributed by atoms with E-state index in [-0.39, 0.29) is 5.75 Å². The largest absolute Gasteiger partial charge is 0.267 e. The zero-order valence-corrected chi connectivity index (χ0v) is 13.4. The smallest absolute Gasteiger partial charge is 0.233 e. The molecule has 1 rings (SSSR count). The van der Waals surface area contributed by atoms with Crippen LogP contribution in [-0.2, 0) is 10.0 Å². The molecule has 4 nitrogen and oxygen atoms in total. The molecule has 0 unspecified atom stereocenters. The van der Waals surface area contributed by atoms with Crippen molar-refractivity contribution in [1.29, 1.82) is 0 Å². The van der Waals surface area contributed by atoms with Gasteiger partial charge in [0.2, 0.25) is 10.0 Å². The summed E-state index contributed by atoms with van der Waals surface area (Å²) in [6, 6.07) is 3.54. The first-order valence-electron chi connectivity index (χ1n) is 7.46. The normalized spacial score (nSPS) is 11.5. The Morgan fingerprint density at radius 2 is 1.70 bits per heavy atom. The van der Waals surface area contributed by atoms with Crippen molar-refractivity contribution in [2.75, 3.05) is 10.5 Å². The highest BCUT2D eigenvalue weighted by Gasteiger charge is 2.10. The van der Waals surface area contributed by atoms with Gasteiger partial charge in [-0.25, -0.2) is 13.4 Å². The third kappa shape index (κ3) is 7.48. The lowest BCUT2D eigenvalue weighted by molar-refractivity contribution is 0.582. The summed E-state index contributed by atoms with van der Waals surface area (Å²) in [7, 11) is -3.26. The summed E-state index contributed by atoms with van der Waals surface area (Å²) in [5.41, 5.74) is 1.01. The molecule has 0 aliphatic carbocycles. The van der Waals surface area contributed by atoms with Crippen LogP contribution in [0.5, 0.6) is 0 Å². The monoisotopic (exact) mass is 298 g/mol. The number of unbranched alkanes of at least 4 members (excludes halogenated alkanes) is 6. The molecule has 0 aliphatic heterocycles. The van der Waals surface area contributed by atoms with E-state index in [1.54, 1.807) is 12.3 Å². The molecule has 114 valence electrons. The Hall–Kier alpha value is -1.10.